The Kier molecular flexibility index (Phi) is 4.36. The summed E-state index contributed by atoms with van der Waals surface area (Å²) in [6.45, 7) is 0. The van der Waals surface area contributed by atoms with Gasteiger partial charge >= 0.3 is 0 Å². The molecule has 0 unspecified atom stereocenters. The molecule has 0 fully saturated rings. The Bertz CT molecular complexity index is 1420. The molecule has 0 aliphatic carbocycles. The van der Waals surface area contributed by atoms with E-state index >= 15 is 0 Å². The van der Waals surface area contributed by atoms with E-state index in [1.807, 2.05) is 72.9 Å². The van der Waals surface area contributed by atoms with Gasteiger partial charge in [0.25, 0.3) is 0 Å². The maximum absolute atomic E-state index is 5.45. The van der Waals surface area contributed by atoms with Crippen LogP contribution in [0.4, 0.5) is 0 Å². The number of hydrogen-bond acceptors (Lipinski definition) is 5. The van der Waals surface area contributed by atoms with E-state index in [0.29, 0.717) is 10.5 Å². The zero-order chi connectivity index (χ0) is 21.5. The van der Waals surface area contributed by atoms with Crippen LogP contribution in [0.15, 0.2) is 134 Å². The Morgan fingerprint density at radius 2 is 1.06 bits per heavy atom. The molecule has 0 N–H and O–H groups in total. The van der Waals surface area contributed by atoms with E-state index in [0.717, 1.165) is 62.5 Å². The molecule has 5 aliphatic rings. The summed E-state index contributed by atoms with van der Waals surface area (Å²) in [5.74, 6) is 0.884. The molecule has 0 amide bonds. The van der Waals surface area contributed by atoms with Crippen molar-refractivity contribution in [1.82, 2.24) is 0 Å². The number of hydrogen-bond donors (Lipinski definition) is 0. The molecular weight excluding hydrogens is 412 g/mol. The van der Waals surface area contributed by atoms with Crippen molar-refractivity contribution in [2.24, 2.45) is 20.0 Å². The molecule has 6 rings (SSSR count). The van der Waals surface area contributed by atoms with Gasteiger partial charge in [-0.2, -0.15) is 0 Å². The molecule has 0 aromatic heterocycles. The van der Waals surface area contributed by atoms with Crippen LogP contribution >= 0.6 is 0 Å². The van der Waals surface area contributed by atoms with Crippen LogP contribution in [-0.2, 0) is 0 Å². The molecule has 5 nitrogen and oxygen atoms in total. The van der Waals surface area contributed by atoms with Gasteiger partial charge in [0.15, 0.2) is 0 Å². The topological polar surface area (TPSA) is 58.7 Å². The van der Waals surface area contributed by atoms with Gasteiger partial charge in [0.2, 0.25) is 10.5 Å². The summed E-state index contributed by atoms with van der Waals surface area (Å²) < 4.78 is 5.45. The Morgan fingerprint density at radius 1 is 0.531 bits per heavy atom. The number of rotatable bonds is 2. The van der Waals surface area contributed by atoms with Crippen LogP contribution < -0.4 is 4.43 Å². The van der Waals surface area contributed by atoms with Gasteiger partial charge in [-0.05, 0) is 84.5 Å². The van der Waals surface area contributed by atoms with Crippen molar-refractivity contribution in [3.8, 4) is 5.75 Å². The van der Waals surface area contributed by atoms with Crippen molar-refractivity contribution in [1.29, 1.82) is 0 Å². The van der Waals surface area contributed by atoms with Crippen molar-refractivity contribution in [2.45, 2.75) is 0 Å². The van der Waals surface area contributed by atoms with E-state index < -0.39 is 0 Å². The molecular formula is C26H18N4OSi. The first-order valence-corrected chi connectivity index (χ1v) is 11.2. The predicted octanol–water partition coefficient (Wildman–Crippen LogP) is 3.77. The van der Waals surface area contributed by atoms with E-state index in [1.165, 1.54) is 0 Å². The van der Waals surface area contributed by atoms with Gasteiger partial charge in [-0.3, -0.25) is 0 Å². The first kappa shape index (κ1) is 18.6. The number of allylic oxidation sites excluding steroid dienone is 12. The third kappa shape index (κ3) is 3.57. The normalized spacial score (nSPS) is 20.2. The molecule has 1 aromatic carbocycles. The predicted molar refractivity (Wildman–Crippen MR) is 134 cm³/mol. The molecule has 0 radical (unpaired) electrons. The van der Waals surface area contributed by atoms with Crippen molar-refractivity contribution >= 4 is 38.9 Å². The summed E-state index contributed by atoms with van der Waals surface area (Å²) in [6, 6.07) is 8.12. The average molecular weight is 431 g/mol. The highest BCUT2D eigenvalue weighted by Crippen LogP contribution is 2.32. The van der Waals surface area contributed by atoms with Crippen LogP contribution in [-0.4, -0.2) is 33.3 Å². The zero-order valence-corrected chi connectivity index (χ0v) is 19.4. The highest BCUT2D eigenvalue weighted by Gasteiger charge is 2.18. The van der Waals surface area contributed by atoms with Crippen LogP contribution in [0.25, 0.3) is 5.57 Å². The summed E-state index contributed by atoms with van der Waals surface area (Å²) in [6.07, 6.45) is 22.1. The Morgan fingerprint density at radius 3 is 1.62 bits per heavy atom. The number of benzene rings is 1. The minimum atomic E-state index is 0.669. The molecule has 0 spiro atoms. The zero-order valence-electron chi connectivity index (χ0n) is 17.4. The fourth-order valence-electron chi connectivity index (χ4n) is 3.90. The van der Waals surface area contributed by atoms with E-state index in [9.17, 15) is 0 Å². The van der Waals surface area contributed by atoms with Crippen LogP contribution in [0.1, 0.15) is 5.56 Å². The largest absolute Gasteiger partial charge is 0.553 e. The molecule has 0 saturated heterocycles. The van der Waals surface area contributed by atoms with Gasteiger partial charge < -0.3 is 4.43 Å². The molecule has 1 aromatic rings. The summed E-state index contributed by atoms with van der Waals surface area (Å²) in [4.78, 5) is 19.0. The highest BCUT2D eigenvalue weighted by molar-refractivity contribution is 6.19. The van der Waals surface area contributed by atoms with Crippen molar-refractivity contribution in [2.75, 3.05) is 0 Å². The van der Waals surface area contributed by atoms with Gasteiger partial charge in [-0.25, -0.2) is 20.0 Å². The molecule has 152 valence electrons. The molecule has 0 atom stereocenters. The van der Waals surface area contributed by atoms with Crippen molar-refractivity contribution < 1.29 is 4.43 Å². The quantitative estimate of drug-likeness (QED) is 0.659. The van der Waals surface area contributed by atoms with Crippen molar-refractivity contribution in [3.63, 3.8) is 0 Å². The second-order valence-corrected chi connectivity index (χ2v) is 8.08. The summed E-state index contributed by atoms with van der Waals surface area (Å²) in [7, 11) is 0.669. The number of aliphatic imine (C=N–C) groups is 4. The van der Waals surface area contributed by atoms with Crippen molar-refractivity contribution in [3.05, 3.63) is 119 Å². The first-order chi connectivity index (χ1) is 15.7. The lowest BCUT2D eigenvalue weighted by molar-refractivity contribution is 0.616. The van der Waals surface area contributed by atoms with Crippen LogP contribution in [0.5, 0.6) is 5.75 Å². The standard InChI is InChI=1S/C26H18N4OSi/c32-31-24-9-1-16(2-10-24)25-14-23-13-21-6-5-19(28-21)11-17-3-4-18(27-17)12-20-7-8-22(29-20)15-26(25)30-23/h1-15H,32H3. The van der Waals surface area contributed by atoms with Gasteiger partial charge in [-0.15, -0.1) is 0 Å². The SMILES string of the molecule is [SiH3]Oc1ccc(C2=CC3=NC2=CC2=NC(=CC4=NC(=CC5=NC(=C3)C=C5)C=C4)C=C2)cc1. The van der Waals surface area contributed by atoms with E-state index in [4.69, 9.17) is 19.4 Å². The Hall–Kier alpha value is -4.16. The second-order valence-electron chi connectivity index (χ2n) is 7.67. The third-order valence-electron chi connectivity index (χ3n) is 5.44. The maximum atomic E-state index is 5.45. The van der Waals surface area contributed by atoms with E-state index in [1.54, 1.807) is 0 Å². The minimum Gasteiger partial charge on any atom is -0.553 e. The Labute approximate surface area is 188 Å². The maximum Gasteiger partial charge on any atom is 0.204 e. The lowest BCUT2D eigenvalue weighted by atomic mass is 10.0. The molecule has 32 heavy (non-hydrogen) atoms. The summed E-state index contributed by atoms with van der Waals surface area (Å²) >= 11 is 0. The van der Waals surface area contributed by atoms with Crippen LogP contribution in [0, 0.1) is 0 Å². The lowest BCUT2D eigenvalue weighted by Crippen LogP contribution is -1.91. The lowest BCUT2D eigenvalue weighted by Gasteiger charge is -2.06. The second kappa shape index (κ2) is 7.51. The Balaban J connectivity index is 1.48. The highest BCUT2D eigenvalue weighted by atomic mass is 28.2. The minimum absolute atomic E-state index is 0.669. The fraction of sp³-hybridized carbons (Fsp3) is 0. The molecule has 0 saturated carbocycles. The first-order valence-electron chi connectivity index (χ1n) is 10.3. The number of nitrogens with zero attached hydrogens (tertiary/aromatic N) is 4. The van der Waals surface area contributed by atoms with Crippen LogP contribution in [0.3, 0.4) is 0 Å². The van der Waals surface area contributed by atoms with E-state index in [-0.39, 0.29) is 0 Å². The average Bonchev–Trinajstić information content (AvgIpc) is 3.59. The van der Waals surface area contributed by atoms with Gasteiger partial charge in [0.05, 0.1) is 45.6 Å². The monoisotopic (exact) mass is 430 g/mol. The summed E-state index contributed by atoms with van der Waals surface area (Å²) in [5.41, 5.74) is 9.10. The van der Waals surface area contributed by atoms with E-state index in [2.05, 4.69) is 23.2 Å². The number of fused-ring (bicyclic) bond motifs is 4. The molecule has 6 heteroatoms. The fourth-order valence-corrected chi connectivity index (χ4v) is 4.17. The third-order valence-corrected chi connectivity index (χ3v) is 5.91. The van der Waals surface area contributed by atoms with Gasteiger partial charge in [0, 0.05) is 5.57 Å². The van der Waals surface area contributed by atoms with Gasteiger partial charge in [-0.1, -0.05) is 12.1 Å². The molecule has 8 bridgehead atoms. The smallest absolute Gasteiger partial charge is 0.204 e. The summed E-state index contributed by atoms with van der Waals surface area (Å²) in [5, 5.41) is 0. The molecule has 5 heterocycles. The van der Waals surface area contributed by atoms with Crippen LogP contribution in [0.2, 0.25) is 0 Å². The van der Waals surface area contributed by atoms with Gasteiger partial charge in [0.1, 0.15) is 5.75 Å². The molecule has 5 aliphatic heterocycles.